The Labute approximate surface area is 236 Å². The van der Waals surface area contributed by atoms with Crippen LogP contribution in [-0.4, -0.2) is 18.7 Å². The van der Waals surface area contributed by atoms with Gasteiger partial charge in [0.2, 0.25) is 0 Å². The lowest BCUT2D eigenvalue weighted by Gasteiger charge is -2.17. The van der Waals surface area contributed by atoms with E-state index < -0.39 is 79.0 Å². The fourth-order valence-corrected chi connectivity index (χ4v) is 6.01. The molecular weight excluding hydrogens is 616 g/mol. The van der Waals surface area contributed by atoms with E-state index in [1.54, 1.807) is 0 Å². The summed E-state index contributed by atoms with van der Waals surface area (Å²) in [4.78, 5) is 12.4. The molecule has 0 aliphatic rings. The number of nitrogens with zero attached hydrogens (tertiary/aromatic N) is 2. The second kappa shape index (κ2) is 11.0. The van der Waals surface area contributed by atoms with Crippen molar-refractivity contribution in [3.63, 3.8) is 0 Å². The largest absolute Gasteiger partial charge is 0.417 e. The molecule has 4 rings (SSSR count). The number of alkyl halides is 6. The highest BCUT2D eigenvalue weighted by molar-refractivity contribution is 7.91. The second-order valence-corrected chi connectivity index (χ2v) is 12.2. The standard InChI is InChI=1S/C27H16F8N2O3S2/c1-2-42(39,40)18-8-15(7-16(9-18)26(30,31)32)23-5-6-24(41-23)22-11-20(27(33,34)35)19(12-36)25(38)37(22)13-14-3-4-17(28)10-21(14)29/h3-11H,2,13H2,1H3. The third-order valence-electron chi connectivity index (χ3n) is 6.18. The number of benzene rings is 2. The molecule has 0 amide bonds. The summed E-state index contributed by atoms with van der Waals surface area (Å²) >= 11 is 0.632. The van der Waals surface area contributed by atoms with Crippen LogP contribution < -0.4 is 5.56 Å². The fourth-order valence-electron chi connectivity index (χ4n) is 4.04. The zero-order valence-corrected chi connectivity index (χ0v) is 22.7. The van der Waals surface area contributed by atoms with Crippen LogP contribution in [0.15, 0.2) is 64.3 Å². The number of hydrogen-bond donors (Lipinski definition) is 0. The van der Waals surface area contributed by atoms with Crippen LogP contribution in [0.5, 0.6) is 0 Å². The van der Waals surface area contributed by atoms with E-state index in [1.165, 1.54) is 25.1 Å². The number of nitriles is 1. The monoisotopic (exact) mass is 632 g/mol. The van der Waals surface area contributed by atoms with Gasteiger partial charge in [0, 0.05) is 16.5 Å². The van der Waals surface area contributed by atoms with E-state index in [2.05, 4.69) is 0 Å². The lowest BCUT2D eigenvalue weighted by molar-refractivity contribution is -0.138. The molecule has 2 aromatic heterocycles. The quantitative estimate of drug-likeness (QED) is 0.210. The molecule has 2 aromatic carbocycles. The zero-order chi connectivity index (χ0) is 31.2. The Balaban J connectivity index is 1.97. The van der Waals surface area contributed by atoms with Gasteiger partial charge in [-0.2, -0.15) is 31.6 Å². The predicted octanol–water partition coefficient (Wildman–Crippen LogP) is 7.27. The molecular formula is C27H16F8N2O3S2. The maximum Gasteiger partial charge on any atom is 0.417 e. The van der Waals surface area contributed by atoms with Gasteiger partial charge in [-0.3, -0.25) is 4.79 Å². The van der Waals surface area contributed by atoms with Crippen molar-refractivity contribution in [2.75, 3.05) is 5.75 Å². The Kier molecular flexibility index (Phi) is 8.09. The SMILES string of the molecule is CCS(=O)(=O)c1cc(-c2ccc(-c3cc(C(F)(F)F)c(C#N)c(=O)n3Cc3ccc(F)cc3F)s2)cc(C(F)(F)F)c1. The summed E-state index contributed by atoms with van der Waals surface area (Å²) in [6, 6.07) is 8.55. The lowest BCUT2D eigenvalue weighted by atomic mass is 10.1. The Morgan fingerprint density at radius 1 is 0.905 bits per heavy atom. The van der Waals surface area contributed by atoms with Crippen molar-refractivity contribution in [3.05, 3.63) is 98.8 Å². The molecule has 0 radical (unpaired) electrons. The van der Waals surface area contributed by atoms with Crippen molar-refractivity contribution < 1.29 is 43.5 Å². The van der Waals surface area contributed by atoms with Gasteiger partial charge < -0.3 is 4.57 Å². The first kappa shape index (κ1) is 30.9. The topological polar surface area (TPSA) is 79.9 Å². The van der Waals surface area contributed by atoms with Gasteiger partial charge in [0.25, 0.3) is 5.56 Å². The van der Waals surface area contributed by atoms with Crippen molar-refractivity contribution in [1.29, 1.82) is 5.26 Å². The van der Waals surface area contributed by atoms with Gasteiger partial charge in [-0.1, -0.05) is 13.0 Å². The Morgan fingerprint density at radius 3 is 2.14 bits per heavy atom. The number of halogens is 8. The molecule has 4 aromatic rings. The zero-order valence-electron chi connectivity index (χ0n) is 21.1. The van der Waals surface area contributed by atoms with Crippen LogP contribution in [0.2, 0.25) is 0 Å². The summed E-state index contributed by atoms with van der Waals surface area (Å²) in [6.45, 7) is 0.521. The molecule has 0 fully saturated rings. The molecule has 0 saturated carbocycles. The molecule has 0 aliphatic carbocycles. The molecule has 0 saturated heterocycles. The second-order valence-electron chi connectivity index (χ2n) is 8.87. The van der Waals surface area contributed by atoms with Crippen LogP contribution in [0.25, 0.3) is 21.0 Å². The first-order chi connectivity index (χ1) is 19.5. The van der Waals surface area contributed by atoms with Crippen molar-refractivity contribution >= 4 is 21.2 Å². The highest BCUT2D eigenvalue weighted by Crippen LogP contribution is 2.41. The number of pyridine rings is 1. The number of thiophene rings is 1. The Hall–Kier alpha value is -4.03. The summed E-state index contributed by atoms with van der Waals surface area (Å²) in [6.07, 6.45) is -10.1. The third kappa shape index (κ3) is 6.09. The smallest absolute Gasteiger partial charge is 0.302 e. The van der Waals surface area contributed by atoms with Gasteiger partial charge in [-0.05, 0) is 48.0 Å². The highest BCUT2D eigenvalue weighted by atomic mass is 32.2. The van der Waals surface area contributed by atoms with Crippen LogP contribution in [0, 0.1) is 23.0 Å². The van der Waals surface area contributed by atoms with Crippen molar-refractivity contribution in [2.45, 2.75) is 30.7 Å². The first-order valence-electron chi connectivity index (χ1n) is 11.7. The van der Waals surface area contributed by atoms with E-state index in [1.807, 2.05) is 0 Å². The van der Waals surface area contributed by atoms with Crippen LogP contribution >= 0.6 is 11.3 Å². The number of hydrogen-bond acceptors (Lipinski definition) is 5. The number of rotatable bonds is 6. The summed E-state index contributed by atoms with van der Waals surface area (Å²) in [7, 11) is -4.10. The molecule has 220 valence electrons. The predicted molar refractivity (Wildman–Crippen MR) is 137 cm³/mol. The lowest BCUT2D eigenvalue weighted by Crippen LogP contribution is -2.28. The molecule has 0 aliphatic heterocycles. The average Bonchev–Trinajstić information content (AvgIpc) is 3.39. The van der Waals surface area contributed by atoms with E-state index in [0.717, 1.165) is 18.2 Å². The van der Waals surface area contributed by atoms with E-state index in [-0.39, 0.29) is 20.9 Å². The molecule has 2 heterocycles. The maximum absolute atomic E-state index is 14.4. The molecule has 0 N–H and O–H groups in total. The van der Waals surface area contributed by atoms with Crippen molar-refractivity contribution in [2.24, 2.45) is 0 Å². The third-order valence-corrected chi connectivity index (χ3v) is 9.05. The molecule has 0 bridgehead atoms. The van der Waals surface area contributed by atoms with Gasteiger partial charge in [0.05, 0.1) is 38.9 Å². The fraction of sp³-hybridized carbons (Fsp3) is 0.185. The van der Waals surface area contributed by atoms with E-state index in [4.69, 9.17) is 0 Å². The van der Waals surface area contributed by atoms with Gasteiger partial charge in [0.15, 0.2) is 9.84 Å². The van der Waals surface area contributed by atoms with Crippen LogP contribution in [0.3, 0.4) is 0 Å². The normalized spacial score (nSPS) is 12.4. The highest BCUT2D eigenvalue weighted by Gasteiger charge is 2.37. The van der Waals surface area contributed by atoms with E-state index >= 15 is 0 Å². The van der Waals surface area contributed by atoms with Gasteiger partial charge in [-0.15, -0.1) is 11.3 Å². The van der Waals surface area contributed by atoms with Gasteiger partial charge in [0.1, 0.15) is 23.3 Å². The average molecular weight is 633 g/mol. The molecule has 42 heavy (non-hydrogen) atoms. The van der Waals surface area contributed by atoms with E-state index in [9.17, 15) is 53.6 Å². The first-order valence-corrected chi connectivity index (χ1v) is 14.2. The number of sulfone groups is 1. The molecule has 5 nitrogen and oxygen atoms in total. The summed E-state index contributed by atoms with van der Waals surface area (Å²) in [5.41, 5.74) is -6.55. The Morgan fingerprint density at radius 2 is 1.57 bits per heavy atom. The molecule has 15 heteroatoms. The summed E-state index contributed by atoms with van der Waals surface area (Å²) in [5.74, 6) is -2.57. The molecule has 0 atom stereocenters. The van der Waals surface area contributed by atoms with Crippen molar-refractivity contribution in [3.8, 4) is 27.1 Å². The van der Waals surface area contributed by atoms with Crippen LogP contribution in [-0.2, 0) is 28.7 Å². The number of aromatic nitrogens is 1. The minimum atomic E-state index is -5.16. The summed E-state index contributed by atoms with van der Waals surface area (Å²) < 4.78 is 136. The summed E-state index contributed by atoms with van der Waals surface area (Å²) in [5, 5.41) is 9.34. The molecule has 0 spiro atoms. The maximum atomic E-state index is 14.4. The van der Waals surface area contributed by atoms with Crippen molar-refractivity contribution in [1.82, 2.24) is 4.57 Å². The minimum Gasteiger partial charge on any atom is -0.302 e. The Bertz CT molecular complexity index is 1900. The van der Waals surface area contributed by atoms with E-state index in [0.29, 0.717) is 40.2 Å². The van der Waals surface area contributed by atoms with Gasteiger partial charge >= 0.3 is 12.4 Å². The van der Waals surface area contributed by atoms with Crippen LogP contribution in [0.1, 0.15) is 29.2 Å². The van der Waals surface area contributed by atoms with Gasteiger partial charge in [-0.25, -0.2) is 17.2 Å². The van der Waals surface area contributed by atoms with Crippen LogP contribution in [0.4, 0.5) is 35.1 Å². The minimum absolute atomic E-state index is 0.00790. The molecule has 0 unspecified atom stereocenters.